The van der Waals surface area contributed by atoms with Crippen LogP contribution in [0.25, 0.3) is 0 Å². The number of rotatable bonds is 2. The highest BCUT2D eigenvalue weighted by molar-refractivity contribution is 5.91. The third kappa shape index (κ3) is 1.90. The molecular formula is C14H14N2O2. The van der Waals surface area contributed by atoms with Crippen LogP contribution in [0.3, 0.4) is 0 Å². The van der Waals surface area contributed by atoms with E-state index in [-0.39, 0.29) is 11.9 Å². The van der Waals surface area contributed by atoms with E-state index in [0.717, 1.165) is 24.9 Å². The van der Waals surface area contributed by atoms with E-state index in [9.17, 15) is 4.79 Å². The zero-order valence-corrected chi connectivity index (χ0v) is 9.95. The first-order valence-electron chi connectivity index (χ1n) is 6.10. The van der Waals surface area contributed by atoms with Gasteiger partial charge in [-0.25, -0.2) is 0 Å². The first-order chi connectivity index (χ1) is 8.86. The minimum atomic E-state index is -0.0358. The number of carbonyl (C=O) groups is 1. The Morgan fingerprint density at radius 1 is 1.39 bits per heavy atom. The van der Waals surface area contributed by atoms with E-state index in [2.05, 4.69) is 4.98 Å². The van der Waals surface area contributed by atoms with Gasteiger partial charge in [0.05, 0.1) is 12.3 Å². The summed E-state index contributed by atoms with van der Waals surface area (Å²) < 4.78 is 5.19. The SMILES string of the molecule is O=C(c1ccco1)N1CCCC1c1cccnc1. The van der Waals surface area contributed by atoms with Crippen LogP contribution in [0.2, 0.25) is 0 Å². The third-order valence-electron chi connectivity index (χ3n) is 3.31. The first-order valence-corrected chi connectivity index (χ1v) is 6.10. The smallest absolute Gasteiger partial charge is 0.290 e. The van der Waals surface area contributed by atoms with Gasteiger partial charge in [-0.15, -0.1) is 0 Å². The van der Waals surface area contributed by atoms with E-state index in [1.54, 1.807) is 18.3 Å². The van der Waals surface area contributed by atoms with Crippen molar-refractivity contribution in [2.24, 2.45) is 0 Å². The van der Waals surface area contributed by atoms with Crippen molar-refractivity contribution in [2.75, 3.05) is 6.54 Å². The molecule has 18 heavy (non-hydrogen) atoms. The molecule has 0 aromatic carbocycles. The summed E-state index contributed by atoms with van der Waals surface area (Å²) in [5.41, 5.74) is 1.09. The fourth-order valence-corrected chi connectivity index (χ4v) is 2.47. The first kappa shape index (κ1) is 11.0. The Bertz CT molecular complexity index is 522. The van der Waals surface area contributed by atoms with Gasteiger partial charge in [0.25, 0.3) is 5.91 Å². The molecule has 2 aromatic heterocycles. The standard InChI is InChI=1S/C14H14N2O2/c17-14(13-6-3-9-18-13)16-8-2-5-12(16)11-4-1-7-15-10-11/h1,3-4,6-7,9-10,12H,2,5,8H2. The third-order valence-corrected chi connectivity index (χ3v) is 3.31. The van der Waals surface area contributed by atoms with E-state index < -0.39 is 0 Å². The number of aromatic nitrogens is 1. The molecule has 1 aliphatic rings. The van der Waals surface area contributed by atoms with Crippen molar-refractivity contribution in [1.29, 1.82) is 0 Å². The molecule has 1 unspecified atom stereocenters. The van der Waals surface area contributed by atoms with Crippen molar-refractivity contribution in [2.45, 2.75) is 18.9 Å². The molecule has 1 amide bonds. The second-order valence-corrected chi connectivity index (χ2v) is 4.42. The van der Waals surface area contributed by atoms with Crippen LogP contribution < -0.4 is 0 Å². The maximum absolute atomic E-state index is 12.3. The minimum absolute atomic E-state index is 0.0358. The number of hydrogen-bond acceptors (Lipinski definition) is 3. The monoisotopic (exact) mass is 242 g/mol. The Kier molecular flexibility index (Phi) is 2.84. The molecular weight excluding hydrogens is 228 g/mol. The summed E-state index contributed by atoms with van der Waals surface area (Å²) in [6.07, 6.45) is 7.11. The molecule has 1 atom stereocenters. The lowest BCUT2D eigenvalue weighted by Crippen LogP contribution is -2.30. The number of carbonyl (C=O) groups excluding carboxylic acids is 1. The van der Waals surface area contributed by atoms with Gasteiger partial charge >= 0.3 is 0 Å². The summed E-state index contributed by atoms with van der Waals surface area (Å²) in [5.74, 6) is 0.372. The summed E-state index contributed by atoms with van der Waals surface area (Å²) in [5, 5.41) is 0. The summed E-state index contributed by atoms with van der Waals surface area (Å²) in [4.78, 5) is 18.3. The van der Waals surface area contributed by atoms with Crippen molar-refractivity contribution in [3.8, 4) is 0 Å². The number of likely N-dealkylation sites (tertiary alicyclic amines) is 1. The maximum Gasteiger partial charge on any atom is 0.290 e. The number of furan rings is 1. The highest BCUT2D eigenvalue weighted by Crippen LogP contribution is 2.32. The summed E-state index contributed by atoms with van der Waals surface area (Å²) in [6.45, 7) is 0.777. The van der Waals surface area contributed by atoms with Crippen molar-refractivity contribution in [3.05, 3.63) is 54.2 Å². The molecule has 2 aromatic rings. The number of amides is 1. The average Bonchev–Trinajstić information content (AvgIpc) is 3.10. The van der Waals surface area contributed by atoms with Crippen LogP contribution in [0, 0.1) is 0 Å². The molecule has 3 rings (SSSR count). The van der Waals surface area contributed by atoms with Crippen LogP contribution in [-0.4, -0.2) is 22.3 Å². The van der Waals surface area contributed by atoms with Gasteiger partial charge in [-0.2, -0.15) is 0 Å². The Hall–Kier alpha value is -2.10. The van der Waals surface area contributed by atoms with Crippen LogP contribution >= 0.6 is 0 Å². The summed E-state index contributed by atoms with van der Waals surface area (Å²) in [6, 6.07) is 7.49. The predicted octanol–water partition coefficient (Wildman–Crippen LogP) is 2.65. The number of hydrogen-bond donors (Lipinski definition) is 0. The lowest BCUT2D eigenvalue weighted by Gasteiger charge is -2.23. The molecule has 0 spiro atoms. The molecule has 4 nitrogen and oxygen atoms in total. The molecule has 92 valence electrons. The lowest BCUT2D eigenvalue weighted by atomic mass is 10.1. The van der Waals surface area contributed by atoms with Crippen molar-refractivity contribution in [1.82, 2.24) is 9.88 Å². The molecule has 0 bridgehead atoms. The molecule has 3 heterocycles. The van der Waals surface area contributed by atoms with Gasteiger partial charge in [0, 0.05) is 18.9 Å². The van der Waals surface area contributed by atoms with E-state index in [1.807, 2.05) is 23.2 Å². The number of nitrogens with zero attached hydrogens (tertiary/aromatic N) is 2. The summed E-state index contributed by atoms with van der Waals surface area (Å²) >= 11 is 0. The molecule has 0 radical (unpaired) electrons. The molecule has 1 saturated heterocycles. The van der Waals surface area contributed by atoms with Gasteiger partial charge < -0.3 is 9.32 Å². The fraction of sp³-hybridized carbons (Fsp3) is 0.286. The zero-order chi connectivity index (χ0) is 12.4. The van der Waals surface area contributed by atoms with E-state index in [4.69, 9.17) is 4.42 Å². The predicted molar refractivity (Wildman–Crippen MR) is 66.0 cm³/mol. The fourth-order valence-electron chi connectivity index (χ4n) is 2.47. The van der Waals surface area contributed by atoms with Crippen LogP contribution in [0.4, 0.5) is 0 Å². The van der Waals surface area contributed by atoms with Gasteiger partial charge in [-0.1, -0.05) is 6.07 Å². The minimum Gasteiger partial charge on any atom is -0.459 e. The lowest BCUT2D eigenvalue weighted by molar-refractivity contribution is 0.0703. The Balaban J connectivity index is 1.86. The molecule has 0 N–H and O–H groups in total. The highest BCUT2D eigenvalue weighted by atomic mass is 16.3. The quantitative estimate of drug-likeness (QED) is 0.813. The van der Waals surface area contributed by atoms with E-state index in [1.165, 1.54) is 6.26 Å². The molecule has 4 heteroatoms. The van der Waals surface area contributed by atoms with Gasteiger partial charge in [-0.3, -0.25) is 9.78 Å². The summed E-state index contributed by atoms with van der Waals surface area (Å²) in [7, 11) is 0. The Labute approximate surface area is 105 Å². The van der Waals surface area contributed by atoms with Crippen molar-refractivity contribution < 1.29 is 9.21 Å². The largest absolute Gasteiger partial charge is 0.459 e. The van der Waals surface area contributed by atoms with Gasteiger partial charge in [0.1, 0.15) is 0 Å². The van der Waals surface area contributed by atoms with Crippen LogP contribution in [-0.2, 0) is 0 Å². The molecule has 1 aliphatic heterocycles. The van der Waals surface area contributed by atoms with Gasteiger partial charge in [0.2, 0.25) is 0 Å². The normalized spacial score (nSPS) is 19.1. The second-order valence-electron chi connectivity index (χ2n) is 4.42. The molecule has 0 aliphatic carbocycles. The maximum atomic E-state index is 12.3. The van der Waals surface area contributed by atoms with E-state index in [0.29, 0.717) is 5.76 Å². The Morgan fingerprint density at radius 3 is 3.06 bits per heavy atom. The molecule has 0 saturated carbocycles. The Morgan fingerprint density at radius 2 is 2.33 bits per heavy atom. The van der Waals surface area contributed by atoms with Crippen LogP contribution in [0.5, 0.6) is 0 Å². The van der Waals surface area contributed by atoms with Crippen molar-refractivity contribution in [3.63, 3.8) is 0 Å². The second kappa shape index (κ2) is 4.64. The topological polar surface area (TPSA) is 46.3 Å². The number of pyridine rings is 1. The zero-order valence-electron chi connectivity index (χ0n) is 9.95. The van der Waals surface area contributed by atoms with Crippen LogP contribution in [0.1, 0.15) is 35.0 Å². The van der Waals surface area contributed by atoms with Gasteiger partial charge in [-0.05, 0) is 36.6 Å². The van der Waals surface area contributed by atoms with Crippen LogP contribution in [0.15, 0.2) is 47.3 Å². The van der Waals surface area contributed by atoms with Crippen molar-refractivity contribution >= 4 is 5.91 Å². The van der Waals surface area contributed by atoms with E-state index >= 15 is 0 Å². The molecule has 1 fully saturated rings. The average molecular weight is 242 g/mol. The van der Waals surface area contributed by atoms with Gasteiger partial charge in [0.15, 0.2) is 5.76 Å². The highest BCUT2D eigenvalue weighted by Gasteiger charge is 2.31.